The van der Waals surface area contributed by atoms with E-state index in [1.165, 1.54) is 5.69 Å². The fourth-order valence-corrected chi connectivity index (χ4v) is 4.63. The first-order chi connectivity index (χ1) is 18.7. The molecule has 0 amide bonds. The van der Waals surface area contributed by atoms with Gasteiger partial charge in [-0.15, -0.1) is 5.10 Å². The average Bonchev–Trinajstić information content (AvgIpc) is 3.59. The predicted octanol–water partition coefficient (Wildman–Crippen LogP) is 5.02. The number of nitrogens with one attached hydrogen (secondary N) is 1. The highest BCUT2D eigenvalue weighted by atomic mass is 16.5. The van der Waals surface area contributed by atoms with E-state index in [1.54, 1.807) is 0 Å². The second-order valence-electron chi connectivity index (χ2n) is 9.73. The van der Waals surface area contributed by atoms with Crippen molar-refractivity contribution in [2.24, 2.45) is 5.11 Å². The first-order valence-corrected chi connectivity index (χ1v) is 13.2. The van der Waals surface area contributed by atoms with Crippen molar-refractivity contribution in [3.05, 3.63) is 64.8 Å². The second kappa shape index (κ2) is 12.4. The SMILES string of the molecule is CN1CCN(c2ccc3nc(-c4ccc(OCc5cn(CCCCCCN=[N+]=[N-])nn5)cc4)[nH]c3c2)CC1. The van der Waals surface area contributed by atoms with Gasteiger partial charge in [-0.2, -0.15) is 0 Å². The Morgan fingerprint density at radius 3 is 2.66 bits per heavy atom. The summed E-state index contributed by atoms with van der Waals surface area (Å²) in [6.07, 6.45) is 5.99. The molecule has 11 nitrogen and oxygen atoms in total. The summed E-state index contributed by atoms with van der Waals surface area (Å²) >= 11 is 0. The standard InChI is InChI=1S/C27H34N10O/c1-35-14-16-36(17-15-35)23-8-11-25-26(18-23)31-27(30-25)21-6-9-24(10-7-21)38-20-22-19-37(34-32-22)13-5-3-2-4-12-29-33-28/h6-11,18-19H,2-5,12-17,20H2,1H3,(H,30,31). The van der Waals surface area contributed by atoms with Gasteiger partial charge >= 0.3 is 0 Å². The van der Waals surface area contributed by atoms with Gasteiger partial charge in [0.1, 0.15) is 23.9 Å². The number of aromatic nitrogens is 5. The number of azide groups is 1. The van der Waals surface area contributed by atoms with Crippen molar-refractivity contribution >= 4 is 16.7 Å². The Morgan fingerprint density at radius 2 is 1.84 bits per heavy atom. The lowest BCUT2D eigenvalue weighted by Crippen LogP contribution is -2.44. The summed E-state index contributed by atoms with van der Waals surface area (Å²) in [5.41, 5.74) is 13.4. The third-order valence-corrected chi connectivity index (χ3v) is 6.89. The Balaban J connectivity index is 1.12. The van der Waals surface area contributed by atoms with Crippen LogP contribution in [0.3, 0.4) is 0 Å². The number of fused-ring (bicyclic) bond motifs is 1. The van der Waals surface area contributed by atoms with E-state index in [4.69, 9.17) is 15.3 Å². The number of imidazole rings is 1. The van der Waals surface area contributed by atoms with Crippen LogP contribution >= 0.6 is 0 Å². The van der Waals surface area contributed by atoms with Crippen LogP contribution in [0.25, 0.3) is 32.9 Å². The van der Waals surface area contributed by atoms with Gasteiger partial charge in [-0.05, 0) is 67.9 Å². The number of H-pyrrole nitrogens is 1. The number of hydrogen-bond donors (Lipinski definition) is 1. The molecule has 2 aromatic heterocycles. The van der Waals surface area contributed by atoms with E-state index in [-0.39, 0.29) is 0 Å². The van der Waals surface area contributed by atoms with Gasteiger partial charge in [0, 0.05) is 55.4 Å². The topological polar surface area (TPSA) is 124 Å². The van der Waals surface area contributed by atoms with Crippen molar-refractivity contribution in [1.82, 2.24) is 29.9 Å². The van der Waals surface area contributed by atoms with Gasteiger partial charge in [0.15, 0.2) is 0 Å². The minimum Gasteiger partial charge on any atom is -0.487 e. The molecule has 38 heavy (non-hydrogen) atoms. The van der Waals surface area contributed by atoms with Gasteiger partial charge in [0.25, 0.3) is 0 Å². The highest BCUT2D eigenvalue weighted by Crippen LogP contribution is 2.26. The zero-order valence-corrected chi connectivity index (χ0v) is 21.8. The molecule has 1 aliphatic rings. The number of hydrogen-bond acceptors (Lipinski definition) is 7. The predicted molar refractivity (Wildman–Crippen MR) is 148 cm³/mol. The summed E-state index contributed by atoms with van der Waals surface area (Å²) in [6.45, 7) is 6.01. The van der Waals surface area contributed by atoms with Gasteiger partial charge in [0.05, 0.1) is 17.2 Å². The van der Waals surface area contributed by atoms with Crippen molar-refractivity contribution in [2.45, 2.75) is 38.8 Å². The summed E-state index contributed by atoms with van der Waals surface area (Å²) in [5.74, 6) is 1.62. The van der Waals surface area contributed by atoms with Crippen LogP contribution in [-0.2, 0) is 13.2 Å². The summed E-state index contributed by atoms with van der Waals surface area (Å²) in [6, 6.07) is 14.4. The van der Waals surface area contributed by atoms with Crippen LogP contribution < -0.4 is 9.64 Å². The number of aromatic amines is 1. The van der Waals surface area contributed by atoms with Crippen LogP contribution in [0.15, 0.2) is 53.8 Å². The summed E-state index contributed by atoms with van der Waals surface area (Å²) in [5, 5.41) is 12.0. The third-order valence-electron chi connectivity index (χ3n) is 6.89. The van der Waals surface area contributed by atoms with Crippen LogP contribution in [0, 0.1) is 0 Å². The smallest absolute Gasteiger partial charge is 0.138 e. The van der Waals surface area contributed by atoms with E-state index >= 15 is 0 Å². The first-order valence-electron chi connectivity index (χ1n) is 13.2. The maximum atomic E-state index is 8.29. The molecule has 3 heterocycles. The van der Waals surface area contributed by atoms with E-state index < -0.39 is 0 Å². The summed E-state index contributed by atoms with van der Waals surface area (Å²) < 4.78 is 7.78. The van der Waals surface area contributed by atoms with Gasteiger partial charge in [0.2, 0.25) is 0 Å². The highest BCUT2D eigenvalue weighted by molar-refractivity contribution is 5.83. The number of rotatable bonds is 12. The maximum Gasteiger partial charge on any atom is 0.138 e. The molecule has 0 radical (unpaired) electrons. The summed E-state index contributed by atoms with van der Waals surface area (Å²) in [7, 11) is 2.17. The van der Waals surface area contributed by atoms with Crippen molar-refractivity contribution in [1.29, 1.82) is 0 Å². The molecule has 1 aliphatic heterocycles. The van der Waals surface area contributed by atoms with Gasteiger partial charge in [-0.25, -0.2) is 4.98 Å². The van der Waals surface area contributed by atoms with E-state index in [0.717, 1.165) is 92.3 Å². The van der Waals surface area contributed by atoms with Crippen LogP contribution in [0.4, 0.5) is 5.69 Å². The monoisotopic (exact) mass is 514 g/mol. The molecule has 0 aliphatic carbocycles. The Bertz CT molecular complexity index is 1360. The molecule has 2 aromatic carbocycles. The molecule has 4 aromatic rings. The average molecular weight is 515 g/mol. The normalized spacial score (nSPS) is 14.1. The molecule has 1 fully saturated rings. The number of benzene rings is 2. The number of unbranched alkanes of at least 4 members (excludes halogenated alkanes) is 3. The number of ether oxygens (including phenoxy) is 1. The molecule has 198 valence electrons. The Hall–Kier alpha value is -4.08. The molecule has 1 N–H and O–H groups in total. The summed E-state index contributed by atoms with van der Waals surface area (Å²) in [4.78, 5) is 15.8. The Labute approximate surface area is 222 Å². The Morgan fingerprint density at radius 1 is 1.03 bits per heavy atom. The maximum absolute atomic E-state index is 8.29. The number of likely N-dealkylation sites (N-methyl/N-ethyl adjacent to an activating group) is 1. The molecule has 5 rings (SSSR count). The zero-order chi connectivity index (χ0) is 26.2. The molecule has 0 saturated carbocycles. The van der Waals surface area contributed by atoms with Gasteiger partial charge in [-0.3, -0.25) is 4.68 Å². The lowest BCUT2D eigenvalue weighted by Gasteiger charge is -2.34. The molecule has 1 saturated heterocycles. The van der Waals surface area contributed by atoms with Crippen LogP contribution in [0.2, 0.25) is 0 Å². The van der Waals surface area contributed by atoms with Gasteiger partial charge < -0.3 is 19.5 Å². The minimum atomic E-state index is 0.366. The van der Waals surface area contributed by atoms with Crippen molar-refractivity contribution in [2.75, 3.05) is 44.7 Å². The number of anilines is 1. The van der Waals surface area contributed by atoms with Crippen LogP contribution in [0.5, 0.6) is 5.75 Å². The van der Waals surface area contributed by atoms with Crippen molar-refractivity contribution < 1.29 is 4.74 Å². The largest absolute Gasteiger partial charge is 0.487 e. The Kier molecular flexibility index (Phi) is 8.37. The quantitative estimate of drug-likeness (QED) is 0.122. The van der Waals surface area contributed by atoms with Crippen LogP contribution in [0.1, 0.15) is 31.4 Å². The first kappa shape index (κ1) is 25.6. The van der Waals surface area contributed by atoms with E-state index in [0.29, 0.717) is 13.2 Å². The molecular weight excluding hydrogens is 480 g/mol. The lowest BCUT2D eigenvalue weighted by atomic mass is 10.2. The minimum absolute atomic E-state index is 0.366. The molecule has 0 spiro atoms. The zero-order valence-electron chi connectivity index (χ0n) is 21.8. The number of piperazine rings is 1. The highest BCUT2D eigenvalue weighted by Gasteiger charge is 2.15. The van der Waals surface area contributed by atoms with E-state index in [9.17, 15) is 0 Å². The van der Waals surface area contributed by atoms with E-state index in [1.807, 2.05) is 35.1 Å². The fourth-order valence-electron chi connectivity index (χ4n) is 4.63. The van der Waals surface area contributed by atoms with Crippen molar-refractivity contribution in [3.63, 3.8) is 0 Å². The second-order valence-corrected chi connectivity index (χ2v) is 9.73. The molecule has 0 bridgehead atoms. The lowest BCUT2D eigenvalue weighted by molar-refractivity contribution is 0.301. The third kappa shape index (κ3) is 6.62. The van der Waals surface area contributed by atoms with Gasteiger partial charge in [-0.1, -0.05) is 23.2 Å². The van der Waals surface area contributed by atoms with Crippen LogP contribution in [-0.4, -0.2) is 69.6 Å². The number of nitrogens with zero attached hydrogens (tertiary/aromatic N) is 9. The van der Waals surface area contributed by atoms with Crippen molar-refractivity contribution in [3.8, 4) is 17.1 Å². The molecule has 0 unspecified atom stereocenters. The molecule has 11 heteroatoms. The fraction of sp³-hybridized carbons (Fsp3) is 0.444. The number of aryl methyl sites for hydroxylation is 1. The molecule has 0 atom stereocenters. The van der Waals surface area contributed by atoms with E-state index in [2.05, 4.69) is 60.4 Å². The molecular formula is C27H34N10O.